The molecule has 0 spiro atoms. The Kier molecular flexibility index (Phi) is 7.03. The molecule has 2 N–H and O–H groups in total. The Labute approximate surface area is 218 Å². The summed E-state index contributed by atoms with van der Waals surface area (Å²) in [6, 6.07) is 22.9. The standard InChI is InChI=1S/C31H33N3O3/c1-19(2)21-9-11-22(12-10-21)28-26(32-29(35)23-13-15-24(16-14-23)31(4,5)6)27(30(36)37)33-34(28)25-17-7-20(3)8-18-25/h7-19H,1-6H3,(H,32,35)(H,36,37). The van der Waals surface area contributed by atoms with Crippen molar-refractivity contribution in [3.63, 3.8) is 0 Å². The van der Waals surface area contributed by atoms with Crippen LogP contribution in [0.15, 0.2) is 72.8 Å². The Morgan fingerprint density at radius 2 is 1.49 bits per heavy atom. The molecule has 0 bridgehead atoms. The van der Waals surface area contributed by atoms with Crippen LogP contribution in [-0.4, -0.2) is 26.8 Å². The maximum Gasteiger partial charge on any atom is 0.358 e. The van der Waals surface area contributed by atoms with Gasteiger partial charge >= 0.3 is 5.97 Å². The van der Waals surface area contributed by atoms with Gasteiger partial charge in [0.25, 0.3) is 5.91 Å². The largest absolute Gasteiger partial charge is 0.476 e. The van der Waals surface area contributed by atoms with E-state index >= 15 is 0 Å². The Morgan fingerprint density at radius 1 is 0.892 bits per heavy atom. The second-order valence-electron chi connectivity index (χ2n) is 10.7. The summed E-state index contributed by atoms with van der Waals surface area (Å²) in [4.78, 5) is 25.6. The number of aromatic nitrogens is 2. The summed E-state index contributed by atoms with van der Waals surface area (Å²) in [7, 11) is 0. The van der Waals surface area contributed by atoms with E-state index in [4.69, 9.17) is 0 Å². The SMILES string of the molecule is Cc1ccc(-n2nc(C(=O)O)c(NC(=O)c3ccc(C(C)(C)C)cc3)c2-c2ccc(C(C)C)cc2)cc1. The fourth-order valence-electron chi connectivity index (χ4n) is 4.16. The summed E-state index contributed by atoms with van der Waals surface area (Å²) in [5, 5.41) is 17.3. The number of benzene rings is 3. The maximum atomic E-state index is 13.3. The zero-order valence-corrected chi connectivity index (χ0v) is 22.2. The fourth-order valence-corrected chi connectivity index (χ4v) is 4.16. The lowest BCUT2D eigenvalue weighted by Gasteiger charge is -2.19. The van der Waals surface area contributed by atoms with Crippen LogP contribution < -0.4 is 5.32 Å². The van der Waals surface area contributed by atoms with Gasteiger partial charge < -0.3 is 10.4 Å². The molecule has 0 saturated heterocycles. The number of aromatic carboxylic acids is 1. The van der Waals surface area contributed by atoms with E-state index in [1.165, 1.54) is 0 Å². The molecule has 0 fully saturated rings. The molecule has 1 heterocycles. The molecule has 0 aliphatic rings. The number of anilines is 1. The molecule has 0 aliphatic carbocycles. The van der Waals surface area contributed by atoms with E-state index in [9.17, 15) is 14.7 Å². The molecular weight excluding hydrogens is 462 g/mol. The minimum Gasteiger partial charge on any atom is -0.476 e. The fraction of sp³-hybridized carbons (Fsp3) is 0.258. The van der Waals surface area contributed by atoms with Crippen LogP contribution in [0.4, 0.5) is 5.69 Å². The van der Waals surface area contributed by atoms with Crippen molar-refractivity contribution in [2.75, 3.05) is 5.32 Å². The summed E-state index contributed by atoms with van der Waals surface area (Å²) in [5.74, 6) is -1.27. The quantitative estimate of drug-likeness (QED) is 0.296. The van der Waals surface area contributed by atoms with Gasteiger partial charge in [-0.05, 0) is 53.6 Å². The Bertz CT molecular complexity index is 1420. The second kappa shape index (κ2) is 10.1. The Morgan fingerprint density at radius 3 is 2.00 bits per heavy atom. The highest BCUT2D eigenvalue weighted by atomic mass is 16.4. The van der Waals surface area contributed by atoms with E-state index in [1.54, 1.807) is 16.8 Å². The highest BCUT2D eigenvalue weighted by Crippen LogP contribution is 2.35. The van der Waals surface area contributed by atoms with Crippen molar-refractivity contribution >= 4 is 17.6 Å². The summed E-state index contributed by atoms with van der Waals surface area (Å²) < 4.78 is 1.59. The van der Waals surface area contributed by atoms with Gasteiger partial charge in [0.1, 0.15) is 5.69 Å². The number of carboxylic acid groups (broad SMARTS) is 1. The topological polar surface area (TPSA) is 84.2 Å². The third kappa shape index (κ3) is 5.48. The van der Waals surface area contributed by atoms with Crippen LogP contribution in [0.1, 0.15) is 78.1 Å². The van der Waals surface area contributed by atoms with Crippen molar-refractivity contribution in [1.29, 1.82) is 0 Å². The predicted octanol–water partition coefficient (Wildman–Crippen LogP) is 7.22. The van der Waals surface area contributed by atoms with Crippen LogP contribution >= 0.6 is 0 Å². The molecule has 0 radical (unpaired) electrons. The normalized spacial score (nSPS) is 11.5. The zero-order chi connectivity index (χ0) is 26.9. The van der Waals surface area contributed by atoms with Crippen LogP contribution in [0.5, 0.6) is 0 Å². The molecule has 0 atom stereocenters. The molecule has 37 heavy (non-hydrogen) atoms. The lowest BCUT2D eigenvalue weighted by Crippen LogP contribution is -2.16. The van der Waals surface area contributed by atoms with E-state index in [0.717, 1.165) is 22.3 Å². The van der Waals surface area contributed by atoms with Crippen molar-refractivity contribution < 1.29 is 14.7 Å². The average molecular weight is 496 g/mol. The number of amides is 1. The lowest BCUT2D eigenvalue weighted by atomic mass is 9.86. The van der Waals surface area contributed by atoms with E-state index in [2.05, 4.69) is 45.0 Å². The number of nitrogens with one attached hydrogen (secondary N) is 1. The summed E-state index contributed by atoms with van der Waals surface area (Å²) >= 11 is 0. The van der Waals surface area contributed by atoms with Gasteiger partial charge in [-0.3, -0.25) is 4.79 Å². The molecule has 3 aromatic carbocycles. The van der Waals surface area contributed by atoms with Gasteiger partial charge in [0, 0.05) is 11.1 Å². The summed E-state index contributed by atoms with van der Waals surface area (Å²) in [6.07, 6.45) is 0. The van der Waals surface area contributed by atoms with Crippen molar-refractivity contribution in [2.45, 2.75) is 52.9 Å². The van der Waals surface area contributed by atoms with Gasteiger partial charge in [-0.25, -0.2) is 9.48 Å². The number of carbonyl (C=O) groups is 2. The van der Waals surface area contributed by atoms with E-state index in [1.807, 2.05) is 67.6 Å². The lowest BCUT2D eigenvalue weighted by molar-refractivity contribution is 0.0691. The third-order valence-electron chi connectivity index (χ3n) is 6.47. The number of hydrogen-bond acceptors (Lipinski definition) is 3. The number of rotatable bonds is 6. The van der Waals surface area contributed by atoms with Gasteiger partial charge in [-0.1, -0.05) is 88.7 Å². The maximum absolute atomic E-state index is 13.3. The van der Waals surface area contributed by atoms with Crippen molar-refractivity contribution in [2.24, 2.45) is 0 Å². The Hall–Kier alpha value is -4.19. The first kappa shape index (κ1) is 25.9. The first-order valence-electron chi connectivity index (χ1n) is 12.4. The highest BCUT2D eigenvalue weighted by Gasteiger charge is 2.27. The zero-order valence-electron chi connectivity index (χ0n) is 22.2. The second-order valence-corrected chi connectivity index (χ2v) is 10.7. The molecule has 4 aromatic rings. The minimum atomic E-state index is -1.22. The minimum absolute atomic E-state index is 0.0457. The predicted molar refractivity (Wildman–Crippen MR) is 148 cm³/mol. The highest BCUT2D eigenvalue weighted by molar-refractivity contribution is 6.10. The third-order valence-corrected chi connectivity index (χ3v) is 6.47. The number of nitrogens with zero attached hydrogens (tertiary/aromatic N) is 2. The molecule has 190 valence electrons. The molecule has 1 aromatic heterocycles. The molecule has 0 unspecified atom stereocenters. The molecular formula is C31H33N3O3. The van der Waals surface area contributed by atoms with Gasteiger partial charge in [0.15, 0.2) is 5.69 Å². The molecule has 4 rings (SSSR count). The average Bonchev–Trinajstić information content (AvgIpc) is 3.23. The van der Waals surface area contributed by atoms with E-state index in [0.29, 0.717) is 22.9 Å². The number of aryl methyl sites for hydroxylation is 1. The summed E-state index contributed by atoms with van der Waals surface area (Å²) in [6.45, 7) is 12.5. The van der Waals surface area contributed by atoms with Crippen LogP contribution in [0.2, 0.25) is 0 Å². The van der Waals surface area contributed by atoms with Crippen molar-refractivity contribution in [1.82, 2.24) is 9.78 Å². The molecule has 6 heteroatoms. The number of hydrogen-bond donors (Lipinski definition) is 2. The smallest absolute Gasteiger partial charge is 0.358 e. The van der Waals surface area contributed by atoms with Gasteiger partial charge in [-0.15, -0.1) is 0 Å². The van der Waals surface area contributed by atoms with Crippen LogP contribution in [0, 0.1) is 6.92 Å². The van der Waals surface area contributed by atoms with Crippen molar-refractivity contribution in [3.8, 4) is 16.9 Å². The monoisotopic (exact) mass is 495 g/mol. The molecule has 1 amide bonds. The van der Waals surface area contributed by atoms with Crippen molar-refractivity contribution in [3.05, 3.63) is 101 Å². The van der Waals surface area contributed by atoms with E-state index in [-0.39, 0.29) is 16.8 Å². The number of carboxylic acids is 1. The van der Waals surface area contributed by atoms with Crippen LogP contribution in [-0.2, 0) is 5.41 Å². The van der Waals surface area contributed by atoms with E-state index < -0.39 is 11.9 Å². The van der Waals surface area contributed by atoms with Gasteiger partial charge in [-0.2, -0.15) is 5.10 Å². The van der Waals surface area contributed by atoms with Gasteiger partial charge in [0.05, 0.1) is 11.4 Å². The van der Waals surface area contributed by atoms with Crippen LogP contribution in [0.3, 0.4) is 0 Å². The summed E-state index contributed by atoms with van der Waals surface area (Å²) in [5.41, 5.74) is 5.64. The first-order valence-corrected chi connectivity index (χ1v) is 12.4. The number of carbonyl (C=O) groups excluding carboxylic acids is 1. The van der Waals surface area contributed by atoms with Crippen LogP contribution in [0.25, 0.3) is 16.9 Å². The molecule has 0 saturated carbocycles. The molecule has 6 nitrogen and oxygen atoms in total. The van der Waals surface area contributed by atoms with Gasteiger partial charge in [0.2, 0.25) is 0 Å². The Balaban J connectivity index is 1.85. The molecule has 0 aliphatic heterocycles. The first-order chi connectivity index (χ1) is 17.5.